The molecular formula is C12H15FO. The maximum Gasteiger partial charge on any atom is 0.171 e. The Labute approximate surface area is 83.9 Å². The van der Waals surface area contributed by atoms with Crippen molar-refractivity contribution >= 4 is 5.78 Å². The Hall–Kier alpha value is -1.18. The quantitative estimate of drug-likeness (QED) is 0.626. The Balaban J connectivity index is 3.15. The monoisotopic (exact) mass is 194 g/mol. The van der Waals surface area contributed by atoms with Crippen molar-refractivity contribution in [1.82, 2.24) is 0 Å². The molecule has 1 aromatic rings. The summed E-state index contributed by atoms with van der Waals surface area (Å²) in [6.45, 7) is 7.16. The minimum Gasteiger partial charge on any atom is -0.293 e. The highest BCUT2D eigenvalue weighted by atomic mass is 19.1. The molecule has 0 heterocycles. The molecule has 1 nitrogen and oxygen atoms in total. The first-order valence-corrected chi connectivity index (χ1v) is 4.63. The predicted molar refractivity (Wildman–Crippen MR) is 54.9 cm³/mol. The highest BCUT2D eigenvalue weighted by Gasteiger charge is 2.25. The third kappa shape index (κ3) is 2.19. The number of Topliss-reactive ketones (excluding diaryl/α,β-unsaturated/α-hetero) is 1. The lowest BCUT2D eigenvalue weighted by molar-refractivity contribution is 0.0854. The van der Waals surface area contributed by atoms with Crippen LogP contribution < -0.4 is 0 Å². The van der Waals surface area contributed by atoms with Crippen LogP contribution in [0, 0.1) is 18.2 Å². The second kappa shape index (κ2) is 3.52. The molecule has 0 N–H and O–H groups in total. The first-order valence-electron chi connectivity index (χ1n) is 4.63. The summed E-state index contributed by atoms with van der Waals surface area (Å²) in [5.41, 5.74) is 0.479. The summed E-state index contributed by atoms with van der Waals surface area (Å²) in [6, 6.07) is 4.69. The number of halogens is 1. The lowest BCUT2D eigenvalue weighted by atomic mass is 9.86. The Bertz CT molecular complexity index is 361. The van der Waals surface area contributed by atoms with Gasteiger partial charge < -0.3 is 0 Å². The molecule has 1 rings (SSSR count). The molecular weight excluding hydrogens is 179 g/mol. The number of hydrogen-bond donors (Lipinski definition) is 0. The van der Waals surface area contributed by atoms with Gasteiger partial charge in [0.2, 0.25) is 0 Å². The third-order valence-electron chi connectivity index (χ3n) is 2.05. The standard InChI is InChI=1S/C12H15FO/c1-8-5-6-9(10(13)7-8)11(14)12(2,3)4/h5-7H,1-4H3. The van der Waals surface area contributed by atoms with Gasteiger partial charge in [0.1, 0.15) is 5.82 Å². The molecule has 1 aromatic carbocycles. The molecule has 0 spiro atoms. The maximum atomic E-state index is 13.4. The SMILES string of the molecule is Cc1ccc(C(=O)C(C)(C)C)c(F)c1. The van der Waals surface area contributed by atoms with E-state index in [9.17, 15) is 9.18 Å². The van der Waals surface area contributed by atoms with Crippen LogP contribution in [0.3, 0.4) is 0 Å². The summed E-state index contributed by atoms with van der Waals surface area (Å²) in [5, 5.41) is 0. The molecule has 0 aliphatic heterocycles. The minimum atomic E-state index is -0.532. The van der Waals surface area contributed by atoms with Gasteiger partial charge in [0.15, 0.2) is 5.78 Å². The first-order chi connectivity index (χ1) is 6.32. The molecule has 0 saturated heterocycles. The van der Waals surface area contributed by atoms with Crippen LogP contribution in [0.4, 0.5) is 4.39 Å². The van der Waals surface area contributed by atoms with E-state index in [0.717, 1.165) is 5.56 Å². The average molecular weight is 194 g/mol. The molecule has 76 valence electrons. The van der Waals surface area contributed by atoms with Crippen LogP contribution in [0.15, 0.2) is 18.2 Å². The van der Waals surface area contributed by atoms with E-state index in [4.69, 9.17) is 0 Å². The number of carbonyl (C=O) groups excluding carboxylic acids is 1. The van der Waals surface area contributed by atoms with Gasteiger partial charge >= 0.3 is 0 Å². The number of carbonyl (C=O) groups is 1. The van der Waals surface area contributed by atoms with Gasteiger partial charge in [0.05, 0.1) is 5.56 Å². The van der Waals surface area contributed by atoms with Crippen LogP contribution in [-0.4, -0.2) is 5.78 Å². The number of hydrogen-bond acceptors (Lipinski definition) is 1. The van der Waals surface area contributed by atoms with E-state index in [1.165, 1.54) is 6.07 Å². The molecule has 0 bridgehead atoms. The minimum absolute atomic E-state index is 0.157. The second-order valence-electron chi connectivity index (χ2n) is 4.56. The molecule has 0 atom stereocenters. The molecule has 0 fully saturated rings. The summed E-state index contributed by atoms with van der Waals surface area (Å²) in [5.74, 6) is -0.583. The zero-order valence-electron chi connectivity index (χ0n) is 9.02. The van der Waals surface area contributed by atoms with Crippen LogP contribution in [0.2, 0.25) is 0 Å². The normalized spacial score (nSPS) is 11.5. The first kappa shape index (κ1) is 10.9. The largest absolute Gasteiger partial charge is 0.293 e. The van der Waals surface area contributed by atoms with Crippen molar-refractivity contribution in [2.75, 3.05) is 0 Å². The Kier molecular flexibility index (Phi) is 2.74. The van der Waals surface area contributed by atoms with E-state index >= 15 is 0 Å². The van der Waals surface area contributed by atoms with Crippen molar-refractivity contribution in [2.24, 2.45) is 5.41 Å². The zero-order chi connectivity index (χ0) is 10.9. The lowest BCUT2D eigenvalue weighted by Gasteiger charge is -2.17. The highest BCUT2D eigenvalue weighted by Crippen LogP contribution is 2.22. The van der Waals surface area contributed by atoms with E-state index in [0.29, 0.717) is 0 Å². The summed E-state index contributed by atoms with van der Waals surface area (Å²) >= 11 is 0. The number of aryl methyl sites for hydroxylation is 1. The summed E-state index contributed by atoms with van der Waals surface area (Å²) in [6.07, 6.45) is 0. The summed E-state index contributed by atoms with van der Waals surface area (Å²) in [7, 11) is 0. The molecule has 2 heteroatoms. The molecule has 0 radical (unpaired) electrons. The molecule has 0 saturated carbocycles. The Morgan fingerprint density at radius 2 is 1.86 bits per heavy atom. The molecule has 0 aliphatic rings. The van der Waals surface area contributed by atoms with Crippen LogP contribution >= 0.6 is 0 Å². The van der Waals surface area contributed by atoms with Gasteiger partial charge in [-0.2, -0.15) is 0 Å². The number of benzene rings is 1. The molecule has 0 unspecified atom stereocenters. The fraction of sp³-hybridized carbons (Fsp3) is 0.417. The van der Waals surface area contributed by atoms with Crippen LogP contribution in [-0.2, 0) is 0 Å². The maximum absolute atomic E-state index is 13.4. The van der Waals surface area contributed by atoms with Crippen molar-refractivity contribution in [3.63, 3.8) is 0 Å². The van der Waals surface area contributed by atoms with Crippen molar-refractivity contribution in [3.8, 4) is 0 Å². The van der Waals surface area contributed by atoms with E-state index in [1.807, 2.05) is 0 Å². The fourth-order valence-corrected chi connectivity index (χ4v) is 1.21. The van der Waals surface area contributed by atoms with E-state index in [-0.39, 0.29) is 11.3 Å². The van der Waals surface area contributed by atoms with Gasteiger partial charge in [-0.15, -0.1) is 0 Å². The Morgan fingerprint density at radius 3 is 2.29 bits per heavy atom. The van der Waals surface area contributed by atoms with Gasteiger partial charge in [0, 0.05) is 5.41 Å². The van der Waals surface area contributed by atoms with Gasteiger partial charge in [-0.3, -0.25) is 4.79 Å². The molecule has 0 aliphatic carbocycles. The second-order valence-corrected chi connectivity index (χ2v) is 4.56. The van der Waals surface area contributed by atoms with Crippen molar-refractivity contribution in [1.29, 1.82) is 0 Å². The lowest BCUT2D eigenvalue weighted by Crippen LogP contribution is -2.21. The van der Waals surface area contributed by atoms with Crippen LogP contribution in [0.1, 0.15) is 36.7 Å². The van der Waals surface area contributed by atoms with E-state index in [2.05, 4.69) is 0 Å². The highest BCUT2D eigenvalue weighted by molar-refractivity contribution is 6.00. The molecule has 14 heavy (non-hydrogen) atoms. The van der Waals surface area contributed by atoms with Crippen LogP contribution in [0.25, 0.3) is 0 Å². The van der Waals surface area contributed by atoms with Gasteiger partial charge in [-0.25, -0.2) is 4.39 Å². The third-order valence-corrected chi connectivity index (χ3v) is 2.05. The number of rotatable bonds is 1. The number of ketones is 1. The van der Waals surface area contributed by atoms with Crippen molar-refractivity contribution < 1.29 is 9.18 Å². The van der Waals surface area contributed by atoms with Crippen molar-refractivity contribution in [3.05, 3.63) is 35.1 Å². The fourth-order valence-electron chi connectivity index (χ4n) is 1.21. The molecule has 0 amide bonds. The van der Waals surface area contributed by atoms with E-state index < -0.39 is 11.2 Å². The summed E-state index contributed by atoms with van der Waals surface area (Å²) < 4.78 is 13.4. The van der Waals surface area contributed by atoms with Crippen LogP contribution in [0.5, 0.6) is 0 Å². The zero-order valence-corrected chi connectivity index (χ0v) is 9.02. The topological polar surface area (TPSA) is 17.1 Å². The van der Waals surface area contributed by atoms with Gasteiger partial charge in [-0.05, 0) is 24.6 Å². The van der Waals surface area contributed by atoms with Gasteiger partial charge in [0.25, 0.3) is 0 Å². The summed E-state index contributed by atoms with van der Waals surface area (Å²) in [4.78, 5) is 11.8. The van der Waals surface area contributed by atoms with Crippen molar-refractivity contribution in [2.45, 2.75) is 27.7 Å². The van der Waals surface area contributed by atoms with E-state index in [1.54, 1.807) is 39.8 Å². The smallest absolute Gasteiger partial charge is 0.171 e. The predicted octanol–water partition coefficient (Wildman–Crippen LogP) is 3.36. The molecule has 0 aromatic heterocycles. The average Bonchev–Trinajstić information content (AvgIpc) is 2.01. The van der Waals surface area contributed by atoms with Gasteiger partial charge in [-0.1, -0.05) is 26.8 Å². The Morgan fingerprint density at radius 1 is 1.29 bits per heavy atom.